The van der Waals surface area contributed by atoms with E-state index in [2.05, 4.69) is 15.7 Å². The molecule has 3 N–H and O–H groups in total. The number of carboxylic acid groups (broad SMARTS) is 1. The maximum absolute atomic E-state index is 12.9. The van der Waals surface area contributed by atoms with Crippen LogP contribution in [0.25, 0.3) is 0 Å². The second kappa shape index (κ2) is 7.44. The number of aliphatic carboxylic acids is 1. The molecule has 3 aromatic rings. The lowest BCUT2D eigenvalue weighted by Gasteiger charge is -2.24. The number of carbonyl (C=O) groups is 2. The zero-order valence-corrected chi connectivity index (χ0v) is 16.1. The molecule has 0 aliphatic carbocycles. The van der Waals surface area contributed by atoms with Crippen LogP contribution in [0.3, 0.4) is 0 Å². The summed E-state index contributed by atoms with van der Waals surface area (Å²) in [5.74, 6) is -1.19. The molecule has 2 aromatic carbocycles. The molecule has 1 aliphatic heterocycles. The molecule has 0 fully saturated rings. The van der Waals surface area contributed by atoms with E-state index >= 15 is 0 Å². The van der Waals surface area contributed by atoms with Gasteiger partial charge in [-0.3, -0.25) is 4.79 Å². The smallest absolute Gasteiger partial charge is 0.352 e. The lowest BCUT2D eigenvalue weighted by Crippen LogP contribution is -2.25. The number of carboxylic acids is 1. The molecule has 0 saturated carbocycles. The minimum absolute atomic E-state index is 0.0251. The summed E-state index contributed by atoms with van der Waals surface area (Å²) in [6, 6.07) is 14.0. The fourth-order valence-electron chi connectivity index (χ4n) is 3.19. The monoisotopic (exact) mass is 408 g/mol. The third-order valence-corrected chi connectivity index (χ3v) is 4.97. The van der Waals surface area contributed by atoms with Gasteiger partial charge in [0.05, 0.1) is 12.2 Å². The number of anilines is 2. The number of aryl methyl sites for hydroxylation is 1. The number of halogens is 1. The number of fused-ring (bicyclic) bond motifs is 1. The third-order valence-electron chi connectivity index (χ3n) is 4.72. The van der Waals surface area contributed by atoms with Crippen molar-refractivity contribution in [1.82, 2.24) is 9.78 Å². The number of para-hydroxylation sites is 1. The van der Waals surface area contributed by atoms with Crippen molar-refractivity contribution in [2.45, 2.75) is 13.0 Å². The second-order valence-electron chi connectivity index (χ2n) is 6.63. The van der Waals surface area contributed by atoms with E-state index in [1.807, 2.05) is 25.1 Å². The van der Waals surface area contributed by atoms with Crippen LogP contribution in [0, 0.1) is 6.92 Å². The summed E-state index contributed by atoms with van der Waals surface area (Å²) in [6.45, 7) is 1.89. The first-order chi connectivity index (χ1) is 13.9. The highest BCUT2D eigenvalue weighted by Crippen LogP contribution is 2.33. The maximum atomic E-state index is 12.9. The zero-order valence-electron chi connectivity index (χ0n) is 15.4. The number of carbonyl (C=O) groups excluding carboxylic acids is 1. The van der Waals surface area contributed by atoms with Crippen molar-refractivity contribution in [3.8, 4) is 0 Å². The molecule has 2 heterocycles. The van der Waals surface area contributed by atoms with Crippen LogP contribution in [0.15, 0.2) is 66.5 Å². The van der Waals surface area contributed by atoms with Crippen LogP contribution in [0.4, 0.5) is 11.5 Å². The standard InChI is InChI=1S/C21H17ClN4O3/c1-12-4-2-3-5-16(12)25-20(27)15-11-23-26-18(13-6-8-14(22)9-7-13)10-17(21(28)29)24-19(15)26/h2-11,18,24H,1H3,(H,25,27)(H,28,29). The highest BCUT2D eigenvalue weighted by molar-refractivity contribution is 6.30. The molecule has 1 aliphatic rings. The summed E-state index contributed by atoms with van der Waals surface area (Å²) in [5.41, 5.74) is 2.61. The van der Waals surface area contributed by atoms with Crippen LogP contribution < -0.4 is 10.6 Å². The number of rotatable bonds is 4. The summed E-state index contributed by atoms with van der Waals surface area (Å²) in [4.78, 5) is 24.5. The number of nitrogens with zero attached hydrogens (tertiary/aromatic N) is 2. The first-order valence-electron chi connectivity index (χ1n) is 8.86. The molecular weight excluding hydrogens is 392 g/mol. The molecule has 8 heteroatoms. The van der Waals surface area contributed by atoms with Gasteiger partial charge in [-0.25, -0.2) is 9.48 Å². The molecule has 1 unspecified atom stereocenters. The lowest BCUT2D eigenvalue weighted by molar-refractivity contribution is -0.132. The van der Waals surface area contributed by atoms with Crippen LogP contribution in [0.2, 0.25) is 5.02 Å². The van der Waals surface area contributed by atoms with Gasteiger partial charge in [-0.05, 0) is 42.3 Å². The van der Waals surface area contributed by atoms with Crippen LogP contribution >= 0.6 is 11.6 Å². The van der Waals surface area contributed by atoms with Gasteiger partial charge in [0, 0.05) is 10.7 Å². The largest absolute Gasteiger partial charge is 0.477 e. The number of nitrogens with one attached hydrogen (secondary N) is 2. The van der Waals surface area contributed by atoms with Gasteiger partial charge in [0.1, 0.15) is 17.1 Å². The predicted molar refractivity (Wildman–Crippen MR) is 110 cm³/mol. The molecule has 1 aromatic heterocycles. The average molecular weight is 409 g/mol. The van der Waals surface area contributed by atoms with Crippen LogP contribution in [-0.4, -0.2) is 26.8 Å². The van der Waals surface area contributed by atoms with Crippen molar-refractivity contribution in [2.75, 3.05) is 10.6 Å². The number of hydrogen-bond donors (Lipinski definition) is 3. The highest BCUT2D eigenvalue weighted by atomic mass is 35.5. The minimum Gasteiger partial charge on any atom is -0.477 e. The fourth-order valence-corrected chi connectivity index (χ4v) is 3.31. The van der Waals surface area contributed by atoms with Crippen molar-refractivity contribution in [1.29, 1.82) is 0 Å². The predicted octanol–water partition coefficient (Wildman–Crippen LogP) is 4.08. The molecule has 146 valence electrons. The zero-order chi connectivity index (χ0) is 20.5. The van der Waals surface area contributed by atoms with Crippen molar-refractivity contribution < 1.29 is 14.7 Å². The number of aromatic nitrogens is 2. The van der Waals surface area contributed by atoms with E-state index in [-0.39, 0.29) is 17.2 Å². The Kier molecular flexibility index (Phi) is 4.82. The van der Waals surface area contributed by atoms with Gasteiger partial charge in [-0.1, -0.05) is 41.9 Å². The second-order valence-corrected chi connectivity index (χ2v) is 7.06. The first-order valence-corrected chi connectivity index (χ1v) is 9.24. The number of hydrogen-bond acceptors (Lipinski definition) is 4. The highest BCUT2D eigenvalue weighted by Gasteiger charge is 2.29. The summed E-state index contributed by atoms with van der Waals surface area (Å²) < 4.78 is 1.59. The summed E-state index contributed by atoms with van der Waals surface area (Å²) in [6.07, 6.45) is 2.98. The van der Waals surface area contributed by atoms with E-state index < -0.39 is 12.0 Å². The Morgan fingerprint density at radius 3 is 2.59 bits per heavy atom. The molecule has 0 bridgehead atoms. The van der Waals surface area contributed by atoms with E-state index in [0.29, 0.717) is 16.5 Å². The van der Waals surface area contributed by atoms with Gasteiger partial charge in [0.2, 0.25) is 0 Å². The molecule has 7 nitrogen and oxygen atoms in total. The molecule has 0 radical (unpaired) electrons. The van der Waals surface area contributed by atoms with E-state index in [1.165, 1.54) is 6.20 Å². The Morgan fingerprint density at radius 1 is 1.17 bits per heavy atom. The Hall–Kier alpha value is -3.58. The molecule has 29 heavy (non-hydrogen) atoms. The van der Waals surface area contributed by atoms with Crippen molar-refractivity contribution >= 4 is 35.0 Å². The van der Waals surface area contributed by atoms with Crippen LogP contribution in [-0.2, 0) is 4.79 Å². The maximum Gasteiger partial charge on any atom is 0.352 e. The topological polar surface area (TPSA) is 96.3 Å². The first kappa shape index (κ1) is 18.8. The van der Waals surface area contributed by atoms with Gasteiger partial charge in [-0.15, -0.1) is 0 Å². The Bertz CT molecular complexity index is 1140. The quantitative estimate of drug-likeness (QED) is 0.604. The van der Waals surface area contributed by atoms with Crippen LogP contribution in [0.1, 0.15) is 27.5 Å². The molecule has 4 rings (SSSR count). The summed E-state index contributed by atoms with van der Waals surface area (Å²) in [5, 5.41) is 20.1. The molecule has 1 atom stereocenters. The van der Waals surface area contributed by atoms with Crippen LogP contribution in [0.5, 0.6) is 0 Å². The van der Waals surface area contributed by atoms with E-state index in [4.69, 9.17) is 11.6 Å². The van der Waals surface area contributed by atoms with Gasteiger partial charge >= 0.3 is 5.97 Å². The number of benzene rings is 2. The normalized spacial score (nSPS) is 15.1. The fraction of sp³-hybridized carbons (Fsp3) is 0.0952. The number of amides is 1. The Balaban J connectivity index is 1.73. The molecule has 1 amide bonds. The minimum atomic E-state index is -1.12. The molecule has 0 spiro atoms. The average Bonchev–Trinajstić information content (AvgIpc) is 3.14. The summed E-state index contributed by atoms with van der Waals surface area (Å²) >= 11 is 5.97. The third kappa shape index (κ3) is 3.60. The Morgan fingerprint density at radius 2 is 1.90 bits per heavy atom. The van der Waals surface area contributed by atoms with E-state index in [9.17, 15) is 14.7 Å². The van der Waals surface area contributed by atoms with Crippen molar-refractivity contribution in [3.63, 3.8) is 0 Å². The van der Waals surface area contributed by atoms with Gasteiger partial charge in [-0.2, -0.15) is 5.10 Å². The van der Waals surface area contributed by atoms with Crippen molar-refractivity contribution in [2.24, 2.45) is 0 Å². The van der Waals surface area contributed by atoms with Gasteiger partial charge in [0.15, 0.2) is 0 Å². The van der Waals surface area contributed by atoms with E-state index in [0.717, 1.165) is 11.1 Å². The SMILES string of the molecule is Cc1ccccc1NC(=O)c1cnn2c1NC(C(=O)O)=CC2c1ccc(Cl)cc1. The van der Waals surface area contributed by atoms with Crippen molar-refractivity contribution in [3.05, 3.63) is 88.2 Å². The lowest BCUT2D eigenvalue weighted by atomic mass is 10.0. The molecule has 0 saturated heterocycles. The number of allylic oxidation sites excluding steroid dienone is 1. The van der Waals surface area contributed by atoms with E-state index in [1.54, 1.807) is 41.1 Å². The van der Waals surface area contributed by atoms with Gasteiger partial charge in [0.25, 0.3) is 5.91 Å². The molecular formula is C21H17ClN4O3. The Labute approximate surface area is 171 Å². The summed E-state index contributed by atoms with van der Waals surface area (Å²) in [7, 11) is 0. The van der Waals surface area contributed by atoms with Gasteiger partial charge < -0.3 is 15.7 Å².